The van der Waals surface area contributed by atoms with Gasteiger partial charge in [0.2, 0.25) is 0 Å². The Bertz CT molecular complexity index is 375. The molecule has 16 heavy (non-hydrogen) atoms. The molecule has 0 saturated carbocycles. The number of nitrogen functional groups attached to an aromatic ring is 1. The molecule has 0 amide bonds. The van der Waals surface area contributed by atoms with Crippen molar-refractivity contribution >= 4 is 5.84 Å². The second kappa shape index (κ2) is 5.39. The van der Waals surface area contributed by atoms with Crippen LogP contribution in [0, 0.1) is 11.3 Å². The first kappa shape index (κ1) is 12.4. The van der Waals surface area contributed by atoms with Crippen molar-refractivity contribution in [2.45, 2.75) is 20.3 Å². The van der Waals surface area contributed by atoms with Crippen molar-refractivity contribution in [3.05, 3.63) is 23.8 Å². The molecule has 4 heteroatoms. The van der Waals surface area contributed by atoms with E-state index in [1.54, 1.807) is 12.1 Å². The monoisotopic (exact) mass is 222 g/mol. The average Bonchev–Trinajstić information content (AvgIpc) is 2.16. The number of benzene rings is 1. The molecular weight excluding hydrogens is 204 g/mol. The molecule has 0 bridgehead atoms. The van der Waals surface area contributed by atoms with Crippen molar-refractivity contribution in [3.63, 3.8) is 0 Å². The zero-order chi connectivity index (χ0) is 12.1. The molecule has 1 aromatic rings. The van der Waals surface area contributed by atoms with Crippen molar-refractivity contribution in [1.82, 2.24) is 0 Å². The predicted octanol–water partition coefficient (Wildman–Crippen LogP) is 2.10. The summed E-state index contributed by atoms with van der Waals surface area (Å²) in [6.45, 7) is 4.87. The molecule has 0 spiro atoms. The van der Waals surface area contributed by atoms with Gasteiger partial charge in [0.05, 0.1) is 12.2 Å². The maximum atomic E-state index is 9.57. The Balaban J connectivity index is 2.63. The van der Waals surface area contributed by atoms with Crippen LogP contribution in [0.15, 0.2) is 18.2 Å². The lowest BCUT2D eigenvalue weighted by molar-refractivity contribution is 0.288. The summed E-state index contributed by atoms with van der Waals surface area (Å²) in [7, 11) is 0. The van der Waals surface area contributed by atoms with Crippen LogP contribution in [0.25, 0.3) is 0 Å². The lowest BCUT2D eigenvalue weighted by Crippen LogP contribution is -2.11. The van der Waals surface area contributed by atoms with Gasteiger partial charge in [-0.2, -0.15) is 0 Å². The van der Waals surface area contributed by atoms with Crippen LogP contribution in [0.2, 0.25) is 0 Å². The Morgan fingerprint density at radius 3 is 2.69 bits per heavy atom. The van der Waals surface area contributed by atoms with Crippen molar-refractivity contribution in [2.75, 3.05) is 6.61 Å². The van der Waals surface area contributed by atoms with E-state index in [0.29, 0.717) is 23.8 Å². The van der Waals surface area contributed by atoms with E-state index < -0.39 is 0 Å². The molecule has 0 aromatic heterocycles. The highest BCUT2D eigenvalue weighted by Crippen LogP contribution is 2.23. The van der Waals surface area contributed by atoms with E-state index in [0.717, 1.165) is 6.42 Å². The number of rotatable bonds is 5. The van der Waals surface area contributed by atoms with E-state index in [1.165, 1.54) is 6.07 Å². The first-order valence-corrected chi connectivity index (χ1v) is 5.31. The minimum atomic E-state index is -0.147. The molecule has 0 fully saturated rings. The Morgan fingerprint density at radius 1 is 1.50 bits per heavy atom. The fourth-order valence-electron chi connectivity index (χ4n) is 1.24. The zero-order valence-corrected chi connectivity index (χ0v) is 9.66. The summed E-state index contributed by atoms with van der Waals surface area (Å²) >= 11 is 0. The highest BCUT2D eigenvalue weighted by atomic mass is 16.5. The summed E-state index contributed by atoms with van der Waals surface area (Å²) in [5, 5.41) is 16.8. The predicted molar refractivity (Wildman–Crippen MR) is 64.1 cm³/mol. The normalized spacial score (nSPS) is 10.4. The third-order valence-corrected chi connectivity index (χ3v) is 2.22. The quantitative estimate of drug-likeness (QED) is 0.527. The Labute approximate surface area is 95.6 Å². The first-order chi connectivity index (χ1) is 7.50. The van der Waals surface area contributed by atoms with Gasteiger partial charge >= 0.3 is 0 Å². The van der Waals surface area contributed by atoms with Gasteiger partial charge < -0.3 is 15.6 Å². The fourth-order valence-corrected chi connectivity index (χ4v) is 1.24. The fraction of sp³-hybridized carbons (Fsp3) is 0.417. The van der Waals surface area contributed by atoms with Gasteiger partial charge in [-0.25, -0.2) is 0 Å². The molecule has 1 rings (SSSR count). The molecule has 0 saturated heterocycles. The lowest BCUT2D eigenvalue weighted by atomic mass is 10.1. The smallest absolute Gasteiger partial charge is 0.130 e. The number of hydrogen-bond donors (Lipinski definition) is 3. The summed E-state index contributed by atoms with van der Waals surface area (Å²) in [4.78, 5) is 0. The van der Waals surface area contributed by atoms with E-state index in [4.69, 9.17) is 15.9 Å². The average molecular weight is 222 g/mol. The molecule has 1 aromatic carbocycles. The van der Waals surface area contributed by atoms with Crippen LogP contribution >= 0.6 is 0 Å². The molecule has 0 aliphatic heterocycles. The maximum absolute atomic E-state index is 9.57. The second-order valence-corrected chi connectivity index (χ2v) is 4.12. The van der Waals surface area contributed by atoms with Gasteiger partial charge in [-0.3, -0.25) is 5.41 Å². The lowest BCUT2D eigenvalue weighted by Gasteiger charge is -2.09. The molecule has 88 valence electrons. The molecule has 0 unspecified atom stereocenters. The Morgan fingerprint density at radius 2 is 2.19 bits per heavy atom. The van der Waals surface area contributed by atoms with E-state index in [9.17, 15) is 5.11 Å². The number of nitrogens with two attached hydrogens (primary N) is 1. The number of phenolic OH excluding ortho intramolecular Hbond substituents is 1. The number of ether oxygens (including phenoxy) is 1. The zero-order valence-electron chi connectivity index (χ0n) is 9.66. The summed E-state index contributed by atoms with van der Waals surface area (Å²) in [6.07, 6.45) is 0.967. The minimum Gasteiger partial charge on any atom is -0.507 e. The van der Waals surface area contributed by atoms with Crippen molar-refractivity contribution < 1.29 is 9.84 Å². The molecule has 4 nitrogen and oxygen atoms in total. The maximum Gasteiger partial charge on any atom is 0.130 e. The third kappa shape index (κ3) is 3.46. The molecular formula is C12H18N2O2. The van der Waals surface area contributed by atoms with Gasteiger partial charge in [0.25, 0.3) is 0 Å². The van der Waals surface area contributed by atoms with Crippen LogP contribution in [0.3, 0.4) is 0 Å². The van der Waals surface area contributed by atoms with Gasteiger partial charge in [0.1, 0.15) is 17.3 Å². The van der Waals surface area contributed by atoms with Crippen LogP contribution in [0.4, 0.5) is 0 Å². The molecule has 0 aliphatic rings. The van der Waals surface area contributed by atoms with Gasteiger partial charge in [0.15, 0.2) is 0 Å². The second-order valence-electron chi connectivity index (χ2n) is 4.12. The first-order valence-electron chi connectivity index (χ1n) is 5.31. The van der Waals surface area contributed by atoms with Crippen LogP contribution < -0.4 is 10.5 Å². The number of phenols is 1. The summed E-state index contributed by atoms with van der Waals surface area (Å²) in [6, 6.07) is 4.77. The summed E-state index contributed by atoms with van der Waals surface area (Å²) in [5.41, 5.74) is 5.62. The van der Waals surface area contributed by atoms with Crippen molar-refractivity contribution in [2.24, 2.45) is 11.7 Å². The number of aromatic hydroxyl groups is 1. The van der Waals surface area contributed by atoms with E-state index >= 15 is 0 Å². The SMILES string of the molecule is CC(C)CCOc1ccc(C(=N)N)c(O)c1. The Kier molecular flexibility index (Phi) is 4.17. The summed E-state index contributed by atoms with van der Waals surface area (Å²) in [5.74, 6) is 1.02. The van der Waals surface area contributed by atoms with Gasteiger partial charge in [-0.05, 0) is 24.5 Å². The topological polar surface area (TPSA) is 79.3 Å². The van der Waals surface area contributed by atoms with E-state index in [2.05, 4.69) is 13.8 Å². The largest absolute Gasteiger partial charge is 0.507 e. The third-order valence-electron chi connectivity index (χ3n) is 2.22. The van der Waals surface area contributed by atoms with E-state index in [-0.39, 0.29) is 11.6 Å². The molecule has 0 radical (unpaired) electrons. The Hall–Kier alpha value is -1.71. The summed E-state index contributed by atoms with van der Waals surface area (Å²) < 4.78 is 5.46. The number of nitrogens with one attached hydrogen (secondary N) is 1. The minimum absolute atomic E-state index is 0.0189. The molecule has 4 N–H and O–H groups in total. The molecule has 0 heterocycles. The van der Waals surface area contributed by atoms with Crippen molar-refractivity contribution in [1.29, 1.82) is 5.41 Å². The van der Waals surface area contributed by atoms with Crippen molar-refractivity contribution in [3.8, 4) is 11.5 Å². The number of hydrogen-bond acceptors (Lipinski definition) is 3. The molecule has 0 atom stereocenters. The highest BCUT2D eigenvalue weighted by molar-refractivity contribution is 5.97. The van der Waals surface area contributed by atoms with Crippen LogP contribution in [-0.2, 0) is 0 Å². The highest BCUT2D eigenvalue weighted by Gasteiger charge is 2.05. The van der Waals surface area contributed by atoms with Crippen LogP contribution in [0.5, 0.6) is 11.5 Å². The van der Waals surface area contributed by atoms with Gasteiger partial charge in [-0.15, -0.1) is 0 Å². The standard InChI is InChI=1S/C12H18N2O2/c1-8(2)5-6-16-9-3-4-10(12(13)14)11(15)7-9/h3-4,7-8,15H,5-6H2,1-2H3,(H3,13,14). The van der Waals surface area contributed by atoms with Crippen LogP contribution in [0.1, 0.15) is 25.8 Å². The van der Waals surface area contributed by atoms with Crippen LogP contribution in [-0.4, -0.2) is 17.5 Å². The van der Waals surface area contributed by atoms with Gasteiger partial charge in [-0.1, -0.05) is 13.8 Å². The molecule has 0 aliphatic carbocycles. The number of amidine groups is 1. The van der Waals surface area contributed by atoms with Gasteiger partial charge in [0, 0.05) is 6.07 Å². The van der Waals surface area contributed by atoms with E-state index in [1.807, 2.05) is 0 Å².